The number of rotatable bonds is 4. The van der Waals surface area contributed by atoms with Crippen LogP contribution in [0, 0.1) is 0 Å². The standard InChI is InChI=1S/C19H29N3O5/c1-18(2,3)26-16(24)20-14(12-13-10-8-7-9-11-13)15(23)21-22-17(25)27-19(4,5)6/h7-11,14H,12H2,1-6H3,(H,20,24)(H,21,23)(H,22,25)/t14-/m1/s1. The zero-order valence-electron chi connectivity index (χ0n) is 16.7. The summed E-state index contributed by atoms with van der Waals surface area (Å²) in [6.07, 6.45) is -1.30. The first-order valence-corrected chi connectivity index (χ1v) is 8.68. The number of hydrazine groups is 1. The average Bonchev–Trinajstić information content (AvgIpc) is 2.49. The molecule has 1 atom stereocenters. The van der Waals surface area contributed by atoms with Crippen LogP contribution in [0.5, 0.6) is 0 Å². The molecule has 3 N–H and O–H groups in total. The Hall–Kier alpha value is -2.77. The first-order chi connectivity index (χ1) is 12.4. The molecule has 0 aliphatic rings. The van der Waals surface area contributed by atoms with Gasteiger partial charge in [0.1, 0.15) is 17.2 Å². The lowest BCUT2D eigenvalue weighted by Gasteiger charge is -2.24. The summed E-state index contributed by atoms with van der Waals surface area (Å²) in [5, 5.41) is 2.53. The Labute approximate surface area is 160 Å². The van der Waals surface area contributed by atoms with E-state index in [0.29, 0.717) is 0 Å². The Kier molecular flexibility index (Phi) is 7.63. The van der Waals surface area contributed by atoms with E-state index in [1.54, 1.807) is 41.5 Å². The molecule has 0 unspecified atom stereocenters. The van der Waals surface area contributed by atoms with Crippen LogP contribution in [0.3, 0.4) is 0 Å². The SMILES string of the molecule is CC(C)(C)OC(=O)NNC(=O)[C@@H](Cc1ccccc1)NC(=O)OC(C)(C)C. The van der Waals surface area contributed by atoms with Crippen LogP contribution in [0.1, 0.15) is 47.1 Å². The highest BCUT2D eigenvalue weighted by atomic mass is 16.6. The van der Waals surface area contributed by atoms with Crippen LogP contribution < -0.4 is 16.2 Å². The second-order valence-electron chi connectivity index (χ2n) is 8.00. The summed E-state index contributed by atoms with van der Waals surface area (Å²) in [6, 6.07) is 8.23. The van der Waals surface area contributed by atoms with Gasteiger partial charge in [-0.05, 0) is 47.1 Å². The number of nitrogens with one attached hydrogen (secondary N) is 3. The Balaban J connectivity index is 2.75. The van der Waals surface area contributed by atoms with Gasteiger partial charge in [0.2, 0.25) is 0 Å². The Morgan fingerprint density at radius 1 is 0.852 bits per heavy atom. The van der Waals surface area contributed by atoms with E-state index in [9.17, 15) is 14.4 Å². The molecule has 0 saturated carbocycles. The lowest BCUT2D eigenvalue weighted by atomic mass is 10.1. The first-order valence-electron chi connectivity index (χ1n) is 8.68. The van der Waals surface area contributed by atoms with Gasteiger partial charge in [0.05, 0.1) is 0 Å². The van der Waals surface area contributed by atoms with Gasteiger partial charge < -0.3 is 14.8 Å². The van der Waals surface area contributed by atoms with Crippen LogP contribution in [0.2, 0.25) is 0 Å². The first kappa shape index (κ1) is 22.3. The monoisotopic (exact) mass is 379 g/mol. The molecule has 27 heavy (non-hydrogen) atoms. The molecule has 0 aliphatic carbocycles. The topological polar surface area (TPSA) is 106 Å². The number of carbonyl (C=O) groups excluding carboxylic acids is 3. The fraction of sp³-hybridized carbons (Fsp3) is 0.526. The number of hydrogen-bond donors (Lipinski definition) is 3. The third-order valence-corrected chi connectivity index (χ3v) is 2.98. The zero-order chi connectivity index (χ0) is 20.7. The van der Waals surface area contributed by atoms with Crippen molar-refractivity contribution < 1.29 is 23.9 Å². The predicted octanol–water partition coefficient (Wildman–Crippen LogP) is 2.68. The minimum atomic E-state index is -0.947. The van der Waals surface area contributed by atoms with E-state index < -0.39 is 35.3 Å². The summed E-state index contributed by atoms with van der Waals surface area (Å²) in [5.74, 6) is -0.601. The Morgan fingerprint density at radius 3 is 1.89 bits per heavy atom. The van der Waals surface area contributed by atoms with Gasteiger partial charge in [-0.15, -0.1) is 0 Å². The van der Waals surface area contributed by atoms with Crippen LogP contribution in [0.25, 0.3) is 0 Å². The van der Waals surface area contributed by atoms with Gasteiger partial charge in [-0.1, -0.05) is 30.3 Å². The molecule has 0 aromatic heterocycles. The molecule has 1 aromatic rings. The number of amides is 3. The van der Waals surface area contributed by atoms with Crippen molar-refractivity contribution in [3.63, 3.8) is 0 Å². The summed E-state index contributed by atoms with van der Waals surface area (Å²) >= 11 is 0. The van der Waals surface area contributed by atoms with Gasteiger partial charge in [-0.2, -0.15) is 0 Å². The molecule has 0 heterocycles. The van der Waals surface area contributed by atoms with Crippen molar-refractivity contribution in [3.8, 4) is 0 Å². The van der Waals surface area contributed by atoms with E-state index in [2.05, 4.69) is 16.2 Å². The molecule has 1 rings (SSSR count). The third kappa shape index (κ3) is 10.1. The van der Waals surface area contributed by atoms with Crippen molar-refractivity contribution in [1.29, 1.82) is 0 Å². The summed E-state index contributed by atoms with van der Waals surface area (Å²) in [7, 11) is 0. The Bertz CT molecular complexity index is 648. The van der Waals surface area contributed by atoms with Crippen molar-refractivity contribution >= 4 is 18.1 Å². The minimum absolute atomic E-state index is 0.224. The highest BCUT2D eigenvalue weighted by Crippen LogP contribution is 2.09. The smallest absolute Gasteiger partial charge is 0.426 e. The molecule has 0 fully saturated rings. The lowest BCUT2D eigenvalue weighted by Crippen LogP contribution is -2.54. The molecule has 0 aliphatic heterocycles. The van der Waals surface area contributed by atoms with Gasteiger partial charge in [0.25, 0.3) is 5.91 Å². The van der Waals surface area contributed by atoms with Crippen LogP contribution in [0.15, 0.2) is 30.3 Å². The number of carbonyl (C=O) groups is 3. The van der Waals surface area contributed by atoms with Crippen LogP contribution in [-0.2, 0) is 20.7 Å². The van der Waals surface area contributed by atoms with Gasteiger partial charge in [0.15, 0.2) is 0 Å². The zero-order valence-corrected chi connectivity index (χ0v) is 16.7. The van der Waals surface area contributed by atoms with Crippen LogP contribution in [-0.4, -0.2) is 35.3 Å². The molecule has 150 valence electrons. The number of benzene rings is 1. The van der Waals surface area contributed by atoms with Gasteiger partial charge in [-0.3, -0.25) is 10.2 Å². The number of alkyl carbamates (subject to hydrolysis) is 1. The molecular formula is C19H29N3O5. The van der Waals surface area contributed by atoms with Gasteiger partial charge in [0, 0.05) is 6.42 Å². The van der Waals surface area contributed by atoms with Gasteiger partial charge in [-0.25, -0.2) is 15.0 Å². The minimum Gasteiger partial charge on any atom is -0.444 e. The highest BCUT2D eigenvalue weighted by Gasteiger charge is 2.25. The molecule has 3 amide bonds. The summed E-state index contributed by atoms with van der Waals surface area (Å²) in [4.78, 5) is 36.2. The predicted molar refractivity (Wildman–Crippen MR) is 101 cm³/mol. The molecule has 0 radical (unpaired) electrons. The van der Waals surface area contributed by atoms with Crippen molar-refractivity contribution in [2.24, 2.45) is 0 Å². The van der Waals surface area contributed by atoms with Crippen LogP contribution >= 0.6 is 0 Å². The fourth-order valence-electron chi connectivity index (χ4n) is 2.01. The average molecular weight is 379 g/mol. The van der Waals surface area contributed by atoms with Crippen molar-refractivity contribution in [1.82, 2.24) is 16.2 Å². The van der Waals surface area contributed by atoms with E-state index in [1.165, 1.54) is 0 Å². The highest BCUT2D eigenvalue weighted by molar-refractivity contribution is 5.87. The molecule has 0 saturated heterocycles. The lowest BCUT2D eigenvalue weighted by molar-refractivity contribution is -0.124. The molecular weight excluding hydrogens is 350 g/mol. The Morgan fingerprint density at radius 2 is 1.37 bits per heavy atom. The summed E-state index contributed by atoms with van der Waals surface area (Å²) in [6.45, 7) is 10.3. The molecule has 0 spiro atoms. The summed E-state index contributed by atoms with van der Waals surface area (Å²) < 4.78 is 10.3. The largest absolute Gasteiger partial charge is 0.444 e. The van der Waals surface area contributed by atoms with E-state index >= 15 is 0 Å². The van der Waals surface area contributed by atoms with Gasteiger partial charge >= 0.3 is 12.2 Å². The normalized spacial score (nSPS) is 12.5. The van der Waals surface area contributed by atoms with Crippen LogP contribution in [0.4, 0.5) is 9.59 Å². The number of hydrogen-bond acceptors (Lipinski definition) is 5. The van der Waals surface area contributed by atoms with Crippen molar-refractivity contribution in [3.05, 3.63) is 35.9 Å². The van der Waals surface area contributed by atoms with E-state index in [-0.39, 0.29) is 6.42 Å². The van der Waals surface area contributed by atoms with Crippen molar-refractivity contribution in [2.45, 2.75) is 65.2 Å². The molecule has 0 bridgehead atoms. The van der Waals surface area contributed by atoms with E-state index in [4.69, 9.17) is 9.47 Å². The second-order valence-corrected chi connectivity index (χ2v) is 8.00. The maximum absolute atomic E-state index is 12.5. The molecule has 8 nitrogen and oxygen atoms in total. The maximum atomic E-state index is 12.5. The van der Waals surface area contributed by atoms with E-state index in [0.717, 1.165) is 5.56 Å². The number of ether oxygens (including phenoxy) is 2. The maximum Gasteiger partial charge on any atom is 0.426 e. The molecule has 8 heteroatoms. The van der Waals surface area contributed by atoms with Crippen molar-refractivity contribution in [2.75, 3.05) is 0 Å². The summed E-state index contributed by atoms with van der Waals surface area (Å²) in [5.41, 5.74) is 3.87. The fourth-order valence-corrected chi connectivity index (χ4v) is 2.01. The van der Waals surface area contributed by atoms with E-state index in [1.807, 2.05) is 30.3 Å². The third-order valence-electron chi connectivity index (χ3n) is 2.98. The second kappa shape index (κ2) is 9.25. The quantitative estimate of drug-likeness (QED) is 0.698. The molecule has 1 aromatic carbocycles.